The van der Waals surface area contributed by atoms with E-state index in [2.05, 4.69) is 10.5 Å². The molecule has 0 fully saturated rings. The average Bonchev–Trinajstić information content (AvgIpc) is 2.90. The number of nitrogens with one attached hydrogen (secondary N) is 1. The Balaban J connectivity index is 2.04. The zero-order chi connectivity index (χ0) is 13.0. The molecule has 18 heavy (non-hydrogen) atoms. The van der Waals surface area contributed by atoms with Crippen molar-refractivity contribution >= 4 is 23.0 Å². The lowest BCUT2D eigenvalue weighted by molar-refractivity contribution is 0.0955. The van der Waals surface area contributed by atoms with E-state index in [1.807, 2.05) is 24.4 Å². The van der Waals surface area contributed by atoms with Crippen LogP contribution < -0.4 is 5.43 Å². The van der Waals surface area contributed by atoms with Gasteiger partial charge in [0.2, 0.25) is 0 Å². The van der Waals surface area contributed by atoms with Crippen LogP contribution in [0.5, 0.6) is 5.75 Å². The minimum absolute atomic E-state index is 0.129. The highest BCUT2D eigenvalue weighted by atomic mass is 32.1. The lowest BCUT2D eigenvalue weighted by Crippen LogP contribution is -2.18. The number of phenolic OH excluding ortho intramolecular Hbond substituents is 1. The molecule has 5 heteroatoms. The van der Waals surface area contributed by atoms with Gasteiger partial charge in [0.15, 0.2) is 0 Å². The van der Waals surface area contributed by atoms with Crippen LogP contribution in [0.25, 0.3) is 0 Å². The van der Waals surface area contributed by atoms with Gasteiger partial charge in [-0.15, -0.1) is 11.3 Å². The van der Waals surface area contributed by atoms with Crippen LogP contribution in [-0.2, 0) is 0 Å². The first-order valence-corrected chi connectivity index (χ1v) is 6.22. The third-order valence-electron chi connectivity index (χ3n) is 2.33. The molecule has 0 saturated heterocycles. The van der Waals surface area contributed by atoms with Gasteiger partial charge in [0.1, 0.15) is 5.75 Å². The maximum Gasteiger partial charge on any atom is 0.271 e. The fourth-order valence-electron chi connectivity index (χ4n) is 1.35. The van der Waals surface area contributed by atoms with Crippen LogP contribution in [0.1, 0.15) is 22.2 Å². The number of aromatic hydroxyl groups is 1. The van der Waals surface area contributed by atoms with Crippen LogP contribution in [0.2, 0.25) is 0 Å². The summed E-state index contributed by atoms with van der Waals surface area (Å²) in [5.74, 6) is -0.171. The van der Waals surface area contributed by atoms with E-state index in [1.165, 1.54) is 12.1 Å². The van der Waals surface area contributed by atoms with Gasteiger partial charge < -0.3 is 5.11 Å². The standard InChI is InChI=1S/C13H12N2O2S/c1-9(12-3-2-8-18-12)14-15-13(17)10-4-6-11(16)7-5-10/h2-8,16H,1H3,(H,15,17)/b14-9-. The molecular formula is C13H12N2O2S. The minimum Gasteiger partial charge on any atom is -0.508 e. The molecule has 4 nitrogen and oxygen atoms in total. The highest BCUT2D eigenvalue weighted by Crippen LogP contribution is 2.11. The summed E-state index contributed by atoms with van der Waals surface area (Å²) >= 11 is 1.57. The quantitative estimate of drug-likeness (QED) is 0.658. The van der Waals surface area contributed by atoms with Crippen molar-refractivity contribution in [2.45, 2.75) is 6.92 Å². The molecule has 0 atom stereocenters. The highest BCUT2D eigenvalue weighted by molar-refractivity contribution is 7.12. The summed E-state index contributed by atoms with van der Waals surface area (Å²) in [5.41, 5.74) is 3.70. The van der Waals surface area contributed by atoms with Crippen molar-refractivity contribution in [2.75, 3.05) is 0 Å². The Labute approximate surface area is 109 Å². The average molecular weight is 260 g/mol. The summed E-state index contributed by atoms with van der Waals surface area (Å²) < 4.78 is 0. The molecule has 0 aliphatic heterocycles. The van der Waals surface area contributed by atoms with Gasteiger partial charge in [-0.25, -0.2) is 5.43 Å². The second kappa shape index (κ2) is 5.46. The predicted octanol–water partition coefficient (Wildman–Crippen LogP) is 2.61. The van der Waals surface area contributed by atoms with Gasteiger partial charge in [0.05, 0.1) is 5.71 Å². The van der Waals surface area contributed by atoms with Gasteiger partial charge in [-0.2, -0.15) is 5.10 Å². The van der Waals surface area contributed by atoms with Crippen molar-refractivity contribution in [1.29, 1.82) is 0 Å². The second-order valence-electron chi connectivity index (χ2n) is 3.66. The Morgan fingerprint density at radius 3 is 2.61 bits per heavy atom. The van der Waals surface area contributed by atoms with Crippen molar-refractivity contribution in [3.05, 3.63) is 52.2 Å². The van der Waals surface area contributed by atoms with Crippen LogP contribution >= 0.6 is 11.3 Å². The Morgan fingerprint density at radius 1 is 1.28 bits per heavy atom. The molecule has 1 heterocycles. The molecule has 2 N–H and O–H groups in total. The first kappa shape index (κ1) is 12.3. The van der Waals surface area contributed by atoms with E-state index in [0.717, 1.165) is 10.6 Å². The molecule has 0 spiro atoms. The van der Waals surface area contributed by atoms with Crippen molar-refractivity contribution < 1.29 is 9.90 Å². The molecule has 0 aliphatic rings. The lowest BCUT2D eigenvalue weighted by Gasteiger charge is -2.01. The number of amides is 1. The maximum atomic E-state index is 11.7. The molecule has 2 aromatic rings. The third-order valence-corrected chi connectivity index (χ3v) is 3.31. The molecule has 0 saturated carbocycles. The smallest absolute Gasteiger partial charge is 0.271 e. The Morgan fingerprint density at radius 2 is 2.00 bits per heavy atom. The van der Waals surface area contributed by atoms with Crippen LogP contribution in [0, 0.1) is 0 Å². The van der Waals surface area contributed by atoms with E-state index < -0.39 is 0 Å². The fourth-order valence-corrected chi connectivity index (χ4v) is 2.03. The molecule has 1 aromatic heterocycles. The van der Waals surface area contributed by atoms with Crippen LogP contribution in [0.3, 0.4) is 0 Å². The van der Waals surface area contributed by atoms with Gasteiger partial charge in [-0.05, 0) is 42.6 Å². The SMILES string of the molecule is C/C(=N/NC(=O)c1ccc(O)cc1)c1cccs1. The molecular weight excluding hydrogens is 248 g/mol. The van der Waals surface area contributed by atoms with Crippen LogP contribution in [-0.4, -0.2) is 16.7 Å². The number of carbonyl (C=O) groups is 1. The largest absolute Gasteiger partial charge is 0.508 e. The molecule has 2 rings (SSSR count). The Hall–Kier alpha value is -2.14. The zero-order valence-corrected chi connectivity index (χ0v) is 10.6. The van der Waals surface area contributed by atoms with Gasteiger partial charge in [0.25, 0.3) is 5.91 Å². The topological polar surface area (TPSA) is 61.7 Å². The van der Waals surface area contributed by atoms with E-state index in [4.69, 9.17) is 5.11 Å². The highest BCUT2D eigenvalue weighted by Gasteiger charge is 2.04. The van der Waals surface area contributed by atoms with E-state index >= 15 is 0 Å². The van der Waals surface area contributed by atoms with Crippen LogP contribution in [0.4, 0.5) is 0 Å². The maximum absolute atomic E-state index is 11.7. The van der Waals surface area contributed by atoms with Gasteiger partial charge in [0, 0.05) is 10.4 Å². The van der Waals surface area contributed by atoms with E-state index in [-0.39, 0.29) is 11.7 Å². The van der Waals surface area contributed by atoms with Crippen LogP contribution in [0.15, 0.2) is 46.9 Å². The number of phenols is 1. The number of hydrazone groups is 1. The summed E-state index contributed by atoms with van der Waals surface area (Å²) in [6, 6.07) is 9.88. The Kier molecular flexibility index (Phi) is 3.74. The number of carbonyl (C=O) groups excluding carboxylic acids is 1. The number of benzene rings is 1. The van der Waals surface area contributed by atoms with Crippen molar-refractivity contribution in [1.82, 2.24) is 5.43 Å². The molecule has 1 aromatic carbocycles. The molecule has 92 valence electrons. The predicted molar refractivity (Wildman–Crippen MR) is 72.1 cm³/mol. The van der Waals surface area contributed by atoms with E-state index in [1.54, 1.807) is 23.5 Å². The third kappa shape index (κ3) is 2.95. The lowest BCUT2D eigenvalue weighted by atomic mass is 10.2. The number of hydrogen-bond donors (Lipinski definition) is 2. The number of thiophene rings is 1. The Bertz CT molecular complexity index is 559. The summed E-state index contributed by atoms with van der Waals surface area (Å²) in [6.07, 6.45) is 0. The second-order valence-corrected chi connectivity index (χ2v) is 4.61. The summed E-state index contributed by atoms with van der Waals surface area (Å²) in [4.78, 5) is 12.7. The summed E-state index contributed by atoms with van der Waals surface area (Å²) in [7, 11) is 0. The molecule has 0 aliphatic carbocycles. The van der Waals surface area contributed by atoms with E-state index in [9.17, 15) is 4.79 Å². The molecule has 1 amide bonds. The summed E-state index contributed by atoms with van der Waals surface area (Å²) in [6.45, 7) is 1.84. The first-order chi connectivity index (χ1) is 8.66. The number of hydrogen-bond acceptors (Lipinski definition) is 4. The minimum atomic E-state index is -0.300. The fraction of sp³-hybridized carbons (Fsp3) is 0.0769. The van der Waals surface area contributed by atoms with Gasteiger partial charge in [-0.1, -0.05) is 6.07 Å². The van der Waals surface area contributed by atoms with Gasteiger partial charge >= 0.3 is 0 Å². The summed E-state index contributed by atoms with van der Waals surface area (Å²) in [5, 5.41) is 15.1. The number of rotatable bonds is 3. The van der Waals surface area contributed by atoms with Crippen molar-refractivity contribution in [3.63, 3.8) is 0 Å². The normalized spacial score (nSPS) is 11.3. The first-order valence-electron chi connectivity index (χ1n) is 5.34. The zero-order valence-electron chi connectivity index (χ0n) is 9.75. The van der Waals surface area contributed by atoms with E-state index in [0.29, 0.717) is 5.56 Å². The van der Waals surface area contributed by atoms with Crippen molar-refractivity contribution in [2.24, 2.45) is 5.10 Å². The monoisotopic (exact) mass is 260 g/mol. The molecule has 0 bridgehead atoms. The number of nitrogens with zero attached hydrogens (tertiary/aromatic N) is 1. The molecule has 0 radical (unpaired) electrons. The van der Waals surface area contributed by atoms with Crippen molar-refractivity contribution in [3.8, 4) is 5.75 Å². The van der Waals surface area contributed by atoms with Gasteiger partial charge in [-0.3, -0.25) is 4.79 Å². The molecule has 0 unspecified atom stereocenters.